The molecule has 1 aliphatic rings. The maximum Gasteiger partial charge on any atom is 0.451 e. The van der Waals surface area contributed by atoms with Crippen molar-refractivity contribution in [2.75, 3.05) is 0 Å². The molecule has 0 radical (unpaired) electrons. The molecule has 0 saturated heterocycles. The molecule has 20 heavy (non-hydrogen) atoms. The molecule has 1 rings (SSSR count). The van der Waals surface area contributed by atoms with Crippen LogP contribution in [0.15, 0.2) is 0 Å². The number of nitrogens with two attached hydrogens (primary N) is 2. The largest absolute Gasteiger partial charge is 0.480 e. The topological polar surface area (TPSA) is 130 Å². The molecule has 0 heterocycles. The summed E-state index contributed by atoms with van der Waals surface area (Å²) in [5.74, 6) is -1.06. The number of carboxylic acids is 1. The standard InChI is InChI=1S/C11H23BN2O4.2ClH/c13-9-4-3-8(7-9)11(14,10(15)16)5-1-2-6-12(17)18;;/h8-9,17-18H,1-7,13-14H2,(H,15,16);2*1H/t8-,9-,11?;;/m0../s1. The fraction of sp³-hybridized carbons (Fsp3) is 0.909. The van der Waals surface area contributed by atoms with Gasteiger partial charge in [0.1, 0.15) is 5.54 Å². The molecule has 3 atom stereocenters. The van der Waals surface area contributed by atoms with Crippen LogP contribution in [0, 0.1) is 5.92 Å². The third-order valence-corrected chi connectivity index (χ3v) is 3.90. The van der Waals surface area contributed by atoms with E-state index in [-0.39, 0.29) is 43.1 Å². The van der Waals surface area contributed by atoms with Gasteiger partial charge in [0, 0.05) is 6.04 Å². The van der Waals surface area contributed by atoms with Crippen molar-refractivity contribution in [1.29, 1.82) is 0 Å². The molecule has 1 aliphatic carbocycles. The van der Waals surface area contributed by atoms with Gasteiger partial charge in [0.05, 0.1) is 0 Å². The Bertz CT molecular complexity index is 300. The maximum absolute atomic E-state index is 11.4. The van der Waals surface area contributed by atoms with Gasteiger partial charge in [-0.25, -0.2) is 0 Å². The average Bonchev–Trinajstić information content (AvgIpc) is 2.71. The highest BCUT2D eigenvalue weighted by atomic mass is 35.5. The second-order valence-corrected chi connectivity index (χ2v) is 5.34. The van der Waals surface area contributed by atoms with Gasteiger partial charge in [0.25, 0.3) is 0 Å². The van der Waals surface area contributed by atoms with Crippen LogP contribution < -0.4 is 11.5 Å². The van der Waals surface area contributed by atoms with Crippen LogP contribution in [0.4, 0.5) is 0 Å². The number of unbranched alkanes of at least 4 members (excludes halogenated alkanes) is 1. The normalized spacial score (nSPS) is 24.2. The van der Waals surface area contributed by atoms with E-state index < -0.39 is 18.6 Å². The molecule has 0 spiro atoms. The molecule has 1 unspecified atom stereocenters. The van der Waals surface area contributed by atoms with Crippen molar-refractivity contribution in [3.8, 4) is 0 Å². The molecule has 1 saturated carbocycles. The molecule has 0 aromatic heterocycles. The summed E-state index contributed by atoms with van der Waals surface area (Å²) in [5.41, 5.74) is 10.6. The molecule has 0 aromatic rings. The predicted octanol–water partition coefficient (Wildman–Crippen LogP) is 0.383. The van der Waals surface area contributed by atoms with Crippen LogP contribution in [0.5, 0.6) is 0 Å². The molecular formula is C11H25BCl2N2O4. The fourth-order valence-corrected chi connectivity index (χ4v) is 2.71. The van der Waals surface area contributed by atoms with E-state index in [4.69, 9.17) is 21.5 Å². The summed E-state index contributed by atoms with van der Waals surface area (Å²) in [5, 5.41) is 26.8. The highest BCUT2D eigenvalue weighted by molar-refractivity contribution is 6.40. The molecule has 120 valence electrons. The molecule has 0 bridgehead atoms. The van der Waals surface area contributed by atoms with Gasteiger partial charge in [-0.2, -0.15) is 0 Å². The van der Waals surface area contributed by atoms with E-state index in [1.165, 1.54) is 0 Å². The lowest BCUT2D eigenvalue weighted by Crippen LogP contribution is -2.53. The zero-order valence-corrected chi connectivity index (χ0v) is 13.0. The van der Waals surface area contributed by atoms with Gasteiger partial charge in [-0.3, -0.25) is 4.79 Å². The monoisotopic (exact) mass is 330 g/mol. The van der Waals surface area contributed by atoms with Crippen molar-refractivity contribution in [3.05, 3.63) is 0 Å². The SMILES string of the molecule is Cl.Cl.N[C@H]1CC[C@H](C(N)(CCCCB(O)O)C(=O)O)C1. The van der Waals surface area contributed by atoms with Gasteiger partial charge in [-0.1, -0.05) is 12.8 Å². The minimum atomic E-state index is -1.33. The molecule has 9 heteroatoms. The van der Waals surface area contributed by atoms with Crippen LogP contribution >= 0.6 is 24.8 Å². The zero-order valence-electron chi connectivity index (χ0n) is 11.4. The summed E-state index contributed by atoms with van der Waals surface area (Å²) in [7, 11) is -1.33. The Kier molecular flexibility index (Phi) is 10.9. The fourth-order valence-electron chi connectivity index (χ4n) is 2.71. The first-order chi connectivity index (χ1) is 8.36. The van der Waals surface area contributed by atoms with Crippen molar-refractivity contribution in [2.45, 2.75) is 56.4 Å². The van der Waals surface area contributed by atoms with Gasteiger partial charge in [0.2, 0.25) is 0 Å². The van der Waals surface area contributed by atoms with Gasteiger partial charge >= 0.3 is 13.1 Å². The number of carbonyl (C=O) groups is 1. The predicted molar refractivity (Wildman–Crippen MR) is 83.2 cm³/mol. The molecule has 0 aromatic carbocycles. The van der Waals surface area contributed by atoms with Gasteiger partial charge in [0.15, 0.2) is 0 Å². The van der Waals surface area contributed by atoms with Crippen molar-refractivity contribution in [1.82, 2.24) is 0 Å². The maximum atomic E-state index is 11.4. The van der Waals surface area contributed by atoms with Crippen LogP contribution in [-0.2, 0) is 4.79 Å². The van der Waals surface area contributed by atoms with Crippen molar-refractivity contribution < 1.29 is 19.9 Å². The molecule has 0 aliphatic heterocycles. The summed E-state index contributed by atoms with van der Waals surface area (Å²) in [4.78, 5) is 11.4. The number of halogens is 2. The van der Waals surface area contributed by atoms with Crippen molar-refractivity contribution >= 4 is 37.9 Å². The molecular weight excluding hydrogens is 306 g/mol. The van der Waals surface area contributed by atoms with Crippen molar-refractivity contribution in [3.63, 3.8) is 0 Å². The Hall–Kier alpha value is -0.0451. The zero-order chi connectivity index (χ0) is 13.8. The summed E-state index contributed by atoms with van der Waals surface area (Å²) in [6.07, 6.45) is 3.98. The van der Waals surface area contributed by atoms with E-state index >= 15 is 0 Å². The minimum absolute atomic E-state index is 0. The Balaban J connectivity index is 0. The number of rotatable bonds is 7. The summed E-state index contributed by atoms with van der Waals surface area (Å²) < 4.78 is 0. The third kappa shape index (κ3) is 6.16. The van der Waals surface area contributed by atoms with E-state index in [9.17, 15) is 9.90 Å². The Morgan fingerprint density at radius 3 is 2.25 bits per heavy atom. The van der Waals surface area contributed by atoms with E-state index in [2.05, 4.69) is 0 Å². The molecule has 0 amide bonds. The summed E-state index contributed by atoms with van der Waals surface area (Å²) in [6.45, 7) is 0. The van der Waals surface area contributed by atoms with Gasteiger partial charge < -0.3 is 26.6 Å². The highest BCUT2D eigenvalue weighted by Gasteiger charge is 2.44. The Morgan fingerprint density at radius 1 is 1.25 bits per heavy atom. The van der Waals surface area contributed by atoms with E-state index in [1.54, 1.807) is 0 Å². The number of hydrogen-bond donors (Lipinski definition) is 5. The van der Waals surface area contributed by atoms with Crippen LogP contribution in [0.1, 0.15) is 38.5 Å². The van der Waals surface area contributed by atoms with E-state index in [1.807, 2.05) is 0 Å². The van der Waals surface area contributed by atoms with Gasteiger partial charge in [-0.05, 0) is 37.9 Å². The molecule has 7 N–H and O–H groups in total. The second-order valence-electron chi connectivity index (χ2n) is 5.34. The van der Waals surface area contributed by atoms with Crippen molar-refractivity contribution in [2.24, 2.45) is 17.4 Å². The Morgan fingerprint density at radius 2 is 1.85 bits per heavy atom. The minimum Gasteiger partial charge on any atom is -0.480 e. The van der Waals surface area contributed by atoms with Crippen LogP contribution in [0.25, 0.3) is 0 Å². The molecule has 1 fully saturated rings. The van der Waals surface area contributed by atoms with E-state index in [0.717, 1.165) is 12.8 Å². The third-order valence-electron chi connectivity index (χ3n) is 3.90. The number of hydrogen-bond acceptors (Lipinski definition) is 5. The Labute approximate surface area is 132 Å². The smallest absolute Gasteiger partial charge is 0.451 e. The van der Waals surface area contributed by atoms with E-state index in [0.29, 0.717) is 25.7 Å². The van der Waals surface area contributed by atoms with Crippen LogP contribution in [0.2, 0.25) is 6.32 Å². The lowest BCUT2D eigenvalue weighted by atomic mass is 9.77. The first-order valence-corrected chi connectivity index (χ1v) is 6.50. The summed E-state index contributed by atoms with van der Waals surface area (Å²) >= 11 is 0. The summed E-state index contributed by atoms with van der Waals surface area (Å²) in [6, 6.07) is 0.0524. The molecule has 6 nitrogen and oxygen atoms in total. The number of aliphatic carboxylic acids is 1. The highest BCUT2D eigenvalue weighted by Crippen LogP contribution is 2.35. The quantitative estimate of drug-likeness (QED) is 0.339. The lowest BCUT2D eigenvalue weighted by molar-refractivity contribution is -0.146. The number of carboxylic acid groups (broad SMARTS) is 1. The van der Waals surface area contributed by atoms with Crippen LogP contribution in [0.3, 0.4) is 0 Å². The van der Waals surface area contributed by atoms with Crippen LogP contribution in [-0.4, -0.2) is 39.8 Å². The first-order valence-electron chi connectivity index (χ1n) is 6.50. The lowest BCUT2D eigenvalue weighted by Gasteiger charge is -2.31. The first kappa shape index (κ1) is 22.2. The van der Waals surface area contributed by atoms with Gasteiger partial charge in [-0.15, -0.1) is 24.8 Å². The average molecular weight is 331 g/mol. The second kappa shape index (κ2) is 9.81.